The lowest BCUT2D eigenvalue weighted by Crippen LogP contribution is -2.43. The fourth-order valence-electron chi connectivity index (χ4n) is 3.58. The highest BCUT2D eigenvalue weighted by Gasteiger charge is 2.27. The van der Waals surface area contributed by atoms with E-state index < -0.39 is 29.8 Å². The number of anilines is 1. The SMILES string of the molecule is CCC(=O)NC(Cc1ccc(NC(=O)C(N)C2CCCCC2)c(F)c1)C(=O)OC. The van der Waals surface area contributed by atoms with Gasteiger partial charge in [-0.05, 0) is 36.5 Å². The predicted octanol–water partition coefficient (Wildman–Crippen LogP) is 2.28. The molecule has 1 aliphatic rings. The molecule has 0 heterocycles. The van der Waals surface area contributed by atoms with E-state index in [-0.39, 0.29) is 30.4 Å². The first-order chi connectivity index (χ1) is 13.8. The van der Waals surface area contributed by atoms with Gasteiger partial charge in [-0.2, -0.15) is 0 Å². The zero-order valence-corrected chi connectivity index (χ0v) is 17.0. The van der Waals surface area contributed by atoms with Crippen LogP contribution >= 0.6 is 0 Å². The van der Waals surface area contributed by atoms with Crippen LogP contribution in [0.25, 0.3) is 0 Å². The average molecular weight is 407 g/mol. The number of carbonyl (C=O) groups excluding carboxylic acids is 3. The van der Waals surface area contributed by atoms with Crippen molar-refractivity contribution < 1.29 is 23.5 Å². The van der Waals surface area contributed by atoms with Gasteiger partial charge in [-0.25, -0.2) is 9.18 Å². The lowest BCUT2D eigenvalue weighted by atomic mass is 9.84. The number of halogens is 1. The van der Waals surface area contributed by atoms with Crippen LogP contribution in [-0.2, 0) is 25.5 Å². The van der Waals surface area contributed by atoms with Crippen LogP contribution in [0.3, 0.4) is 0 Å². The third kappa shape index (κ3) is 6.52. The second-order valence-corrected chi connectivity index (χ2v) is 7.43. The fraction of sp³-hybridized carbons (Fsp3) is 0.571. The van der Waals surface area contributed by atoms with Gasteiger partial charge in [-0.1, -0.05) is 32.3 Å². The first kappa shape index (κ1) is 22.8. The molecule has 29 heavy (non-hydrogen) atoms. The summed E-state index contributed by atoms with van der Waals surface area (Å²) in [7, 11) is 1.22. The van der Waals surface area contributed by atoms with Crippen molar-refractivity contribution in [3.8, 4) is 0 Å². The molecule has 2 rings (SSSR count). The van der Waals surface area contributed by atoms with Crippen molar-refractivity contribution >= 4 is 23.5 Å². The number of benzene rings is 1. The molecule has 1 aliphatic carbocycles. The third-order valence-electron chi connectivity index (χ3n) is 5.33. The minimum Gasteiger partial charge on any atom is -0.467 e. The molecule has 4 N–H and O–H groups in total. The smallest absolute Gasteiger partial charge is 0.328 e. The second-order valence-electron chi connectivity index (χ2n) is 7.43. The molecule has 160 valence electrons. The van der Waals surface area contributed by atoms with Crippen LogP contribution in [0, 0.1) is 11.7 Å². The van der Waals surface area contributed by atoms with E-state index in [1.807, 2.05) is 0 Å². The molecule has 0 spiro atoms. The number of hydrogen-bond donors (Lipinski definition) is 3. The van der Waals surface area contributed by atoms with Gasteiger partial charge in [0.25, 0.3) is 0 Å². The monoisotopic (exact) mass is 407 g/mol. The molecule has 0 saturated heterocycles. The maximum absolute atomic E-state index is 14.5. The van der Waals surface area contributed by atoms with Crippen LogP contribution < -0.4 is 16.4 Å². The number of rotatable bonds is 8. The lowest BCUT2D eigenvalue weighted by molar-refractivity contribution is -0.145. The van der Waals surface area contributed by atoms with Crippen molar-refractivity contribution in [2.75, 3.05) is 12.4 Å². The van der Waals surface area contributed by atoms with Crippen LogP contribution in [0.4, 0.5) is 10.1 Å². The summed E-state index contributed by atoms with van der Waals surface area (Å²) >= 11 is 0. The normalized spacial score (nSPS) is 16.6. The Bertz CT molecular complexity index is 735. The van der Waals surface area contributed by atoms with E-state index in [4.69, 9.17) is 10.5 Å². The van der Waals surface area contributed by atoms with Crippen molar-refractivity contribution in [1.29, 1.82) is 0 Å². The maximum atomic E-state index is 14.5. The van der Waals surface area contributed by atoms with Gasteiger partial charge in [-0.15, -0.1) is 0 Å². The largest absolute Gasteiger partial charge is 0.467 e. The van der Waals surface area contributed by atoms with Gasteiger partial charge in [0.2, 0.25) is 11.8 Å². The average Bonchev–Trinajstić information content (AvgIpc) is 2.74. The van der Waals surface area contributed by atoms with E-state index in [1.165, 1.54) is 19.2 Å². The van der Waals surface area contributed by atoms with Gasteiger partial charge in [0.1, 0.15) is 11.9 Å². The van der Waals surface area contributed by atoms with E-state index in [1.54, 1.807) is 13.0 Å². The topological polar surface area (TPSA) is 111 Å². The van der Waals surface area contributed by atoms with Crippen LogP contribution in [0.2, 0.25) is 0 Å². The molecule has 1 saturated carbocycles. The van der Waals surface area contributed by atoms with Crippen LogP contribution in [0.1, 0.15) is 51.0 Å². The molecule has 1 aromatic rings. The zero-order chi connectivity index (χ0) is 21.4. The number of nitrogens with two attached hydrogens (primary N) is 1. The Labute approximate surface area is 170 Å². The molecule has 0 radical (unpaired) electrons. The first-order valence-corrected chi connectivity index (χ1v) is 10.1. The van der Waals surface area contributed by atoms with Crippen molar-refractivity contribution in [3.63, 3.8) is 0 Å². The quantitative estimate of drug-likeness (QED) is 0.573. The summed E-state index contributed by atoms with van der Waals surface area (Å²) in [6, 6.07) is 2.69. The molecular weight excluding hydrogens is 377 g/mol. The molecular formula is C21H30FN3O4. The Morgan fingerprint density at radius 2 is 1.93 bits per heavy atom. The highest BCUT2D eigenvalue weighted by Crippen LogP contribution is 2.26. The van der Waals surface area contributed by atoms with Gasteiger partial charge in [-0.3, -0.25) is 9.59 Å². The Balaban J connectivity index is 2.03. The number of ether oxygens (including phenoxy) is 1. The Morgan fingerprint density at radius 3 is 2.52 bits per heavy atom. The zero-order valence-electron chi connectivity index (χ0n) is 17.0. The molecule has 7 nitrogen and oxygen atoms in total. The molecule has 1 aromatic carbocycles. The Hall–Kier alpha value is -2.48. The summed E-state index contributed by atoms with van der Waals surface area (Å²) in [6.07, 6.45) is 5.39. The van der Waals surface area contributed by atoms with E-state index in [2.05, 4.69) is 10.6 Å². The maximum Gasteiger partial charge on any atom is 0.328 e. The highest BCUT2D eigenvalue weighted by atomic mass is 19.1. The summed E-state index contributed by atoms with van der Waals surface area (Å²) in [4.78, 5) is 35.9. The van der Waals surface area contributed by atoms with E-state index in [9.17, 15) is 18.8 Å². The van der Waals surface area contributed by atoms with E-state index in [0.29, 0.717) is 5.56 Å². The van der Waals surface area contributed by atoms with Gasteiger partial charge < -0.3 is 21.1 Å². The Morgan fingerprint density at radius 1 is 1.24 bits per heavy atom. The standard InChI is InChI=1S/C21H30FN3O4/c1-3-18(26)24-17(21(28)29-2)12-13-9-10-16(15(22)11-13)25-20(27)19(23)14-7-5-4-6-8-14/h9-11,14,17,19H,3-8,12,23H2,1-2H3,(H,24,26)(H,25,27). The number of nitrogens with one attached hydrogen (secondary N) is 2. The van der Waals surface area contributed by atoms with Crippen molar-refractivity contribution in [3.05, 3.63) is 29.6 Å². The molecule has 1 fully saturated rings. The number of methoxy groups -OCH3 is 1. The van der Waals surface area contributed by atoms with Crippen LogP contribution in [0.5, 0.6) is 0 Å². The second kappa shape index (κ2) is 10.9. The summed E-state index contributed by atoms with van der Waals surface area (Å²) in [5, 5.41) is 5.12. The molecule has 0 aromatic heterocycles. The molecule has 8 heteroatoms. The van der Waals surface area contributed by atoms with Crippen molar-refractivity contribution in [1.82, 2.24) is 5.32 Å². The van der Waals surface area contributed by atoms with Crippen molar-refractivity contribution in [2.24, 2.45) is 11.7 Å². The molecule has 2 amide bonds. The number of carbonyl (C=O) groups is 3. The van der Waals surface area contributed by atoms with E-state index >= 15 is 0 Å². The summed E-state index contributed by atoms with van der Waals surface area (Å²) in [6.45, 7) is 1.67. The number of hydrogen-bond acceptors (Lipinski definition) is 5. The molecule has 2 atom stereocenters. The highest BCUT2D eigenvalue weighted by molar-refractivity contribution is 5.95. The van der Waals surface area contributed by atoms with Gasteiger partial charge >= 0.3 is 5.97 Å². The molecule has 0 bridgehead atoms. The Kier molecular flexibility index (Phi) is 8.57. The number of amides is 2. The number of esters is 1. The predicted molar refractivity (Wildman–Crippen MR) is 108 cm³/mol. The van der Waals surface area contributed by atoms with Gasteiger partial charge in [0.15, 0.2) is 0 Å². The minimum atomic E-state index is -0.910. The van der Waals surface area contributed by atoms with E-state index in [0.717, 1.165) is 32.1 Å². The van der Waals surface area contributed by atoms with Crippen LogP contribution in [0.15, 0.2) is 18.2 Å². The lowest BCUT2D eigenvalue weighted by Gasteiger charge is -2.26. The summed E-state index contributed by atoms with van der Waals surface area (Å²) in [5.41, 5.74) is 6.60. The minimum absolute atomic E-state index is 0.0391. The van der Waals surface area contributed by atoms with Gasteiger partial charge in [0, 0.05) is 12.8 Å². The van der Waals surface area contributed by atoms with Crippen LogP contribution in [-0.4, -0.2) is 37.0 Å². The third-order valence-corrected chi connectivity index (χ3v) is 5.33. The molecule has 2 unspecified atom stereocenters. The summed E-state index contributed by atoms with van der Waals surface area (Å²) in [5.74, 6) is -1.82. The first-order valence-electron chi connectivity index (χ1n) is 10.1. The molecule has 0 aliphatic heterocycles. The van der Waals surface area contributed by atoms with Crippen molar-refractivity contribution in [2.45, 2.75) is 64.0 Å². The fourth-order valence-corrected chi connectivity index (χ4v) is 3.58. The van der Waals surface area contributed by atoms with Gasteiger partial charge in [0.05, 0.1) is 18.8 Å². The summed E-state index contributed by atoms with van der Waals surface area (Å²) < 4.78 is 19.2.